The second kappa shape index (κ2) is 9.16. The van der Waals surface area contributed by atoms with Gasteiger partial charge in [0.2, 0.25) is 0 Å². The molecule has 7 nitrogen and oxygen atoms in total. The third-order valence-corrected chi connectivity index (χ3v) is 4.32. The first-order valence-electron chi connectivity index (χ1n) is 8.79. The van der Waals surface area contributed by atoms with Gasteiger partial charge in [-0.25, -0.2) is 0 Å². The van der Waals surface area contributed by atoms with Gasteiger partial charge in [0.15, 0.2) is 0 Å². The third-order valence-electron chi connectivity index (χ3n) is 4.32. The van der Waals surface area contributed by atoms with E-state index in [0.717, 1.165) is 38.4 Å². The Morgan fingerprint density at radius 3 is 2.30 bits per heavy atom. The number of hydrogen-bond acceptors (Lipinski definition) is 5. The number of amides is 2. The Morgan fingerprint density at radius 1 is 1.00 bits per heavy atom. The molecule has 0 aromatic heterocycles. The molecule has 7 heteroatoms. The van der Waals surface area contributed by atoms with Crippen molar-refractivity contribution in [2.24, 2.45) is 0 Å². The highest BCUT2D eigenvalue weighted by molar-refractivity contribution is 5.99. The number of carbonyl (C=O) groups is 2. The molecule has 1 saturated heterocycles. The molecule has 3 rings (SSSR count). The van der Waals surface area contributed by atoms with Crippen molar-refractivity contribution in [2.45, 2.75) is 6.54 Å². The Morgan fingerprint density at radius 2 is 1.63 bits per heavy atom. The van der Waals surface area contributed by atoms with Gasteiger partial charge in [-0.2, -0.15) is 0 Å². The van der Waals surface area contributed by atoms with Crippen molar-refractivity contribution >= 4 is 11.8 Å². The fourth-order valence-corrected chi connectivity index (χ4v) is 2.85. The second-order valence-corrected chi connectivity index (χ2v) is 6.23. The van der Waals surface area contributed by atoms with Crippen LogP contribution < -0.4 is 15.6 Å². The smallest absolute Gasteiger partial charge is 0.269 e. The van der Waals surface area contributed by atoms with Gasteiger partial charge in [-0.1, -0.05) is 18.2 Å². The van der Waals surface area contributed by atoms with E-state index in [1.54, 1.807) is 30.3 Å². The summed E-state index contributed by atoms with van der Waals surface area (Å²) in [5.74, 6) is -0.202. The fourth-order valence-electron chi connectivity index (χ4n) is 2.85. The van der Waals surface area contributed by atoms with Crippen molar-refractivity contribution < 1.29 is 19.1 Å². The van der Waals surface area contributed by atoms with Crippen molar-refractivity contribution in [3.8, 4) is 5.75 Å². The minimum absolute atomic E-state index is 0.366. The number of hydrogen-bond donors (Lipinski definition) is 2. The van der Waals surface area contributed by atoms with Gasteiger partial charge in [0, 0.05) is 30.8 Å². The first-order chi connectivity index (χ1) is 13.2. The largest absolute Gasteiger partial charge is 0.497 e. The lowest BCUT2D eigenvalue weighted by Crippen LogP contribution is -2.41. The number of nitrogens with one attached hydrogen (secondary N) is 2. The molecule has 0 atom stereocenters. The fraction of sp³-hybridized carbons (Fsp3) is 0.300. The monoisotopic (exact) mass is 369 g/mol. The SMILES string of the molecule is COc1cccc(C(=O)NNC(=O)c2cccc(CN3CCOCC3)c2)c1. The normalized spacial score (nSPS) is 14.4. The number of rotatable bonds is 5. The highest BCUT2D eigenvalue weighted by atomic mass is 16.5. The average molecular weight is 369 g/mol. The molecule has 1 aliphatic rings. The van der Waals surface area contributed by atoms with Crippen molar-refractivity contribution in [3.05, 3.63) is 65.2 Å². The number of nitrogens with zero attached hydrogens (tertiary/aromatic N) is 1. The van der Waals surface area contributed by atoms with Crippen LogP contribution in [0, 0.1) is 0 Å². The molecule has 1 fully saturated rings. The Balaban J connectivity index is 1.57. The van der Waals surface area contributed by atoms with Gasteiger partial charge in [0.1, 0.15) is 5.75 Å². The lowest BCUT2D eigenvalue weighted by Gasteiger charge is -2.26. The molecular weight excluding hydrogens is 346 g/mol. The molecular formula is C20H23N3O4. The number of benzene rings is 2. The maximum absolute atomic E-state index is 12.4. The topological polar surface area (TPSA) is 79.9 Å². The Labute approximate surface area is 158 Å². The van der Waals surface area contributed by atoms with Crippen LogP contribution in [0.5, 0.6) is 5.75 Å². The van der Waals surface area contributed by atoms with E-state index in [2.05, 4.69) is 15.8 Å². The molecule has 0 radical (unpaired) electrons. The summed E-state index contributed by atoms with van der Waals surface area (Å²) in [7, 11) is 1.53. The van der Waals surface area contributed by atoms with Gasteiger partial charge in [-0.3, -0.25) is 25.3 Å². The van der Waals surface area contributed by atoms with Crippen LogP contribution >= 0.6 is 0 Å². The van der Waals surface area contributed by atoms with E-state index in [0.29, 0.717) is 16.9 Å². The van der Waals surface area contributed by atoms with Crippen LogP contribution in [-0.4, -0.2) is 50.1 Å². The van der Waals surface area contributed by atoms with Gasteiger partial charge < -0.3 is 9.47 Å². The van der Waals surface area contributed by atoms with Crippen LogP contribution in [0.1, 0.15) is 26.3 Å². The zero-order valence-corrected chi connectivity index (χ0v) is 15.2. The number of hydrazine groups is 1. The average Bonchev–Trinajstić information content (AvgIpc) is 2.72. The number of carbonyl (C=O) groups excluding carboxylic acids is 2. The molecule has 2 amide bonds. The summed E-state index contributed by atoms with van der Waals surface area (Å²) in [4.78, 5) is 26.8. The second-order valence-electron chi connectivity index (χ2n) is 6.23. The maximum atomic E-state index is 12.4. The molecule has 0 saturated carbocycles. The maximum Gasteiger partial charge on any atom is 0.269 e. The standard InChI is InChI=1S/C20H23N3O4/c1-26-18-7-3-6-17(13-18)20(25)22-21-19(24)16-5-2-4-15(12-16)14-23-8-10-27-11-9-23/h2-7,12-13H,8-11,14H2,1H3,(H,21,24)(H,22,25). The van der Waals surface area contributed by atoms with Gasteiger partial charge in [0.25, 0.3) is 11.8 Å². The van der Waals surface area contributed by atoms with Gasteiger partial charge >= 0.3 is 0 Å². The number of ether oxygens (including phenoxy) is 2. The van der Waals surface area contributed by atoms with Crippen LogP contribution in [0.15, 0.2) is 48.5 Å². The molecule has 0 aliphatic carbocycles. The van der Waals surface area contributed by atoms with Crippen LogP contribution in [0.4, 0.5) is 0 Å². The zero-order chi connectivity index (χ0) is 19.1. The molecule has 142 valence electrons. The minimum Gasteiger partial charge on any atom is -0.497 e. The molecule has 2 aromatic rings. The van der Waals surface area contributed by atoms with Gasteiger partial charge in [-0.05, 0) is 35.9 Å². The predicted molar refractivity (Wildman–Crippen MR) is 100 cm³/mol. The van der Waals surface area contributed by atoms with Crippen LogP contribution in [0.3, 0.4) is 0 Å². The zero-order valence-electron chi connectivity index (χ0n) is 15.2. The number of methoxy groups -OCH3 is 1. The summed E-state index contributed by atoms with van der Waals surface area (Å²) in [5.41, 5.74) is 6.82. The predicted octanol–water partition coefficient (Wildman–Crippen LogP) is 1.60. The molecule has 0 unspecified atom stereocenters. The first kappa shape index (κ1) is 18.9. The summed E-state index contributed by atoms with van der Waals surface area (Å²) in [6, 6.07) is 14.1. The lowest BCUT2D eigenvalue weighted by molar-refractivity contribution is 0.0342. The summed E-state index contributed by atoms with van der Waals surface area (Å²) in [6.45, 7) is 3.99. The molecule has 0 spiro atoms. The highest BCUT2D eigenvalue weighted by Crippen LogP contribution is 2.12. The van der Waals surface area contributed by atoms with Gasteiger partial charge in [-0.15, -0.1) is 0 Å². The quantitative estimate of drug-likeness (QED) is 0.783. The molecule has 2 N–H and O–H groups in total. The molecule has 1 heterocycles. The van der Waals surface area contributed by atoms with Crippen LogP contribution in [0.2, 0.25) is 0 Å². The van der Waals surface area contributed by atoms with E-state index >= 15 is 0 Å². The summed E-state index contributed by atoms with van der Waals surface area (Å²) in [5, 5.41) is 0. The molecule has 0 bridgehead atoms. The van der Waals surface area contributed by atoms with E-state index in [-0.39, 0.29) is 5.91 Å². The van der Waals surface area contributed by atoms with Crippen molar-refractivity contribution in [1.82, 2.24) is 15.8 Å². The van der Waals surface area contributed by atoms with E-state index < -0.39 is 5.91 Å². The Hall–Kier alpha value is -2.90. The van der Waals surface area contributed by atoms with E-state index in [1.165, 1.54) is 7.11 Å². The van der Waals surface area contributed by atoms with Gasteiger partial charge in [0.05, 0.1) is 20.3 Å². The van der Waals surface area contributed by atoms with E-state index in [4.69, 9.17) is 9.47 Å². The highest BCUT2D eigenvalue weighted by Gasteiger charge is 2.13. The summed E-state index contributed by atoms with van der Waals surface area (Å²) >= 11 is 0. The molecule has 27 heavy (non-hydrogen) atoms. The number of morpholine rings is 1. The van der Waals surface area contributed by atoms with Crippen molar-refractivity contribution in [3.63, 3.8) is 0 Å². The van der Waals surface area contributed by atoms with Crippen LogP contribution in [0.25, 0.3) is 0 Å². The summed E-state index contributed by atoms with van der Waals surface area (Å²) in [6.07, 6.45) is 0. The third kappa shape index (κ3) is 5.29. The Bertz CT molecular complexity index is 803. The Kier molecular flexibility index (Phi) is 6.40. The minimum atomic E-state index is -0.410. The van der Waals surface area contributed by atoms with Crippen LogP contribution in [-0.2, 0) is 11.3 Å². The van der Waals surface area contributed by atoms with E-state index in [1.807, 2.05) is 18.2 Å². The van der Waals surface area contributed by atoms with Crippen molar-refractivity contribution in [1.29, 1.82) is 0 Å². The molecule has 1 aliphatic heterocycles. The summed E-state index contributed by atoms with van der Waals surface area (Å²) < 4.78 is 10.4. The molecule has 2 aromatic carbocycles. The van der Waals surface area contributed by atoms with E-state index in [9.17, 15) is 9.59 Å². The lowest BCUT2D eigenvalue weighted by atomic mass is 10.1. The first-order valence-corrected chi connectivity index (χ1v) is 8.79. The van der Waals surface area contributed by atoms with Crippen molar-refractivity contribution in [2.75, 3.05) is 33.4 Å².